The first-order chi connectivity index (χ1) is 10.3. The smallest absolute Gasteiger partial charge is 0.337 e. The Morgan fingerprint density at radius 3 is 2.55 bits per heavy atom. The summed E-state index contributed by atoms with van der Waals surface area (Å²) in [5.74, 6) is -1.36. The van der Waals surface area contributed by atoms with E-state index in [9.17, 15) is 18.0 Å². The van der Waals surface area contributed by atoms with E-state index in [0.29, 0.717) is 6.42 Å². The number of carbonyl (C=O) groups is 2. The molecule has 0 unspecified atom stereocenters. The molecule has 0 aromatic heterocycles. The minimum atomic E-state index is -3.91. The normalized spacial score (nSPS) is 11.4. The molecule has 22 heavy (non-hydrogen) atoms. The topological polar surface area (TPSA) is 107 Å². The van der Waals surface area contributed by atoms with Gasteiger partial charge >= 0.3 is 5.97 Å². The maximum absolute atomic E-state index is 12.6. The molecule has 1 aromatic rings. The van der Waals surface area contributed by atoms with Crippen LogP contribution in [0.1, 0.15) is 30.1 Å². The molecule has 0 atom stereocenters. The van der Waals surface area contributed by atoms with Crippen LogP contribution in [0.5, 0.6) is 0 Å². The molecule has 2 N–H and O–H groups in total. The molecule has 0 radical (unpaired) electrons. The quantitative estimate of drug-likeness (QED) is 0.709. The summed E-state index contributed by atoms with van der Waals surface area (Å²) in [5.41, 5.74) is 5.24. The minimum absolute atomic E-state index is 0.0762. The van der Waals surface area contributed by atoms with Gasteiger partial charge in [-0.25, -0.2) is 13.2 Å². The fourth-order valence-corrected chi connectivity index (χ4v) is 3.33. The number of nitrogens with two attached hydrogens (primary N) is 1. The third kappa shape index (κ3) is 4.54. The van der Waals surface area contributed by atoms with E-state index in [1.54, 1.807) is 0 Å². The highest BCUT2D eigenvalue weighted by molar-refractivity contribution is 7.89. The van der Waals surface area contributed by atoms with Crippen molar-refractivity contribution in [3.8, 4) is 0 Å². The summed E-state index contributed by atoms with van der Waals surface area (Å²) in [7, 11) is -2.70. The van der Waals surface area contributed by atoms with Crippen molar-refractivity contribution < 1.29 is 22.7 Å². The molecule has 0 bridgehead atoms. The highest BCUT2D eigenvalue weighted by Crippen LogP contribution is 2.18. The molecule has 0 spiro atoms. The van der Waals surface area contributed by atoms with Gasteiger partial charge in [-0.2, -0.15) is 4.31 Å². The number of esters is 1. The van der Waals surface area contributed by atoms with Crippen molar-refractivity contribution >= 4 is 21.9 Å². The third-order valence-electron chi connectivity index (χ3n) is 2.99. The summed E-state index contributed by atoms with van der Waals surface area (Å²) in [6.45, 7) is 1.70. The van der Waals surface area contributed by atoms with E-state index in [0.717, 1.165) is 10.7 Å². The van der Waals surface area contributed by atoms with E-state index in [2.05, 4.69) is 4.74 Å². The zero-order chi connectivity index (χ0) is 16.8. The first-order valence-electron chi connectivity index (χ1n) is 6.79. The average molecular weight is 328 g/mol. The van der Waals surface area contributed by atoms with Crippen LogP contribution in [0.2, 0.25) is 0 Å². The van der Waals surface area contributed by atoms with Crippen molar-refractivity contribution in [2.45, 2.75) is 24.7 Å². The Labute approximate surface area is 130 Å². The molecule has 0 aliphatic rings. The Morgan fingerprint density at radius 1 is 1.32 bits per heavy atom. The minimum Gasteiger partial charge on any atom is -0.465 e. The summed E-state index contributed by atoms with van der Waals surface area (Å²) in [6, 6.07) is 5.49. The fraction of sp³-hybridized carbons (Fsp3) is 0.429. The summed E-state index contributed by atoms with van der Waals surface area (Å²) in [4.78, 5) is 22.5. The SMILES string of the molecule is CCCCN(CC(N)=O)S(=O)(=O)c1cccc(C(=O)OC)c1. The van der Waals surface area contributed by atoms with Gasteiger partial charge < -0.3 is 10.5 Å². The number of ether oxygens (including phenoxy) is 1. The van der Waals surface area contributed by atoms with Gasteiger partial charge in [-0.3, -0.25) is 4.79 Å². The highest BCUT2D eigenvalue weighted by Gasteiger charge is 2.26. The molecule has 122 valence electrons. The molecule has 1 amide bonds. The number of rotatable bonds is 8. The second-order valence-electron chi connectivity index (χ2n) is 4.68. The number of nitrogens with zero attached hydrogens (tertiary/aromatic N) is 1. The molecular formula is C14H20N2O5S. The maximum Gasteiger partial charge on any atom is 0.337 e. The number of methoxy groups -OCH3 is 1. The van der Waals surface area contributed by atoms with Gasteiger partial charge in [-0.1, -0.05) is 19.4 Å². The number of hydrogen-bond donors (Lipinski definition) is 1. The zero-order valence-electron chi connectivity index (χ0n) is 12.6. The van der Waals surface area contributed by atoms with Crippen LogP contribution in [0.15, 0.2) is 29.2 Å². The number of carbonyl (C=O) groups excluding carboxylic acids is 2. The molecule has 1 rings (SSSR count). The van der Waals surface area contributed by atoms with E-state index >= 15 is 0 Å². The van der Waals surface area contributed by atoms with Crippen molar-refractivity contribution in [1.82, 2.24) is 4.31 Å². The number of unbranched alkanes of at least 4 members (excludes halogenated alkanes) is 1. The molecule has 0 saturated heterocycles. The Morgan fingerprint density at radius 2 is 2.00 bits per heavy atom. The summed E-state index contributed by atoms with van der Waals surface area (Å²) in [5, 5.41) is 0. The lowest BCUT2D eigenvalue weighted by Crippen LogP contribution is -2.39. The molecule has 0 aliphatic heterocycles. The monoisotopic (exact) mass is 328 g/mol. The first kappa shape index (κ1) is 18.1. The van der Waals surface area contributed by atoms with Gasteiger partial charge in [-0.05, 0) is 24.6 Å². The van der Waals surface area contributed by atoms with E-state index in [-0.39, 0.29) is 17.0 Å². The fourth-order valence-electron chi connectivity index (χ4n) is 1.84. The van der Waals surface area contributed by atoms with E-state index in [1.807, 2.05) is 6.92 Å². The largest absolute Gasteiger partial charge is 0.465 e. The number of benzene rings is 1. The zero-order valence-corrected chi connectivity index (χ0v) is 13.4. The summed E-state index contributed by atoms with van der Waals surface area (Å²) in [6.07, 6.45) is 1.37. The molecule has 7 nitrogen and oxygen atoms in total. The second kappa shape index (κ2) is 7.90. The van der Waals surface area contributed by atoms with Crippen LogP contribution < -0.4 is 5.73 Å². The number of amides is 1. The first-order valence-corrected chi connectivity index (χ1v) is 8.23. The van der Waals surface area contributed by atoms with Gasteiger partial charge in [0.1, 0.15) is 0 Å². The average Bonchev–Trinajstić information content (AvgIpc) is 2.50. The van der Waals surface area contributed by atoms with Gasteiger partial charge in [-0.15, -0.1) is 0 Å². The molecular weight excluding hydrogens is 308 g/mol. The van der Waals surface area contributed by atoms with Crippen LogP contribution in [0.3, 0.4) is 0 Å². The van der Waals surface area contributed by atoms with Crippen molar-refractivity contribution in [2.75, 3.05) is 20.2 Å². The van der Waals surface area contributed by atoms with Gasteiger partial charge in [0.25, 0.3) is 0 Å². The second-order valence-corrected chi connectivity index (χ2v) is 6.62. The third-order valence-corrected chi connectivity index (χ3v) is 4.83. The maximum atomic E-state index is 12.6. The lowest BCUT2D eigenvalue weighted by Gasteiger charge is -2.20. The van der Waals surface area contributed by atoms with Crippen LogP contribution in [0, 0.1) is 0 Å². The molecule has 0 heterocycles. The standard InChI is InChI=1S/C14H20N2O5S/c1-3-4-8-16(10-13(15)17)22(19,20)12-7-5-6-11(9-12)14(18)21-2/h5-7,9H,3-4,8,10H2,1-2H3,(H2,15,17). The molecule has 0 fully saturated rings. The Bertz CT molecular complexity index is 642. The number of sulfonamides is 1. The van der Waals surface area contributed by atoms with Crippen molar-refractivity contribution in [1.29, 1.82) is 0 Å². The lowest BCUT2D eigenvalue weighted by molar-refractivity contribution is -0.118. The van der Waals surface area contributed by atoms with Crippen LogP contribution in [0.4, 0.5) is 0 Å². The Kier molecular flexibility index (Phi) is 6.51. The predicted octanol–water partition coefficient (Wildman–Crippen LogP) is 0.749. The molecule has 8 heteroatoms. The molecule has 1 aromatic carbocycles. The van der Waals surface area contributed by atoms with Gasteiger partial charge in [0.05, 0.1) is 24.1 Å². The van der Waals surface area contributed by atoms with Gasteiger partial charge in [0.2, 0.25) is 15.9 Å². The van der Waals surface area contributed by atoms with Gasteiger partial charge in [0.15, 0.2) is 0 Å². The van der Waals surface area contributed by atoms with Crippen LogP contribution in [-0.2, 0) is 19.6 Å². The summed E-state index contributed by atoms with van der Waals surface area (Å²) >= 11 is 0. The van der Waals surface area contributed by atoms with Crippen LogP contribution >= 0.6 is 0 Å². The summed E-state index contributed by atoms with van der Waals surface area (Å²) < 4.78 is 30.8. The highest BCUT2D eigenvalue weighted by atomic mass is 32.2. The van der Waals surface area contributed by atoms with E-state index in [1.165, 1.54) is 31.4 Å². The van der Waals surface area contributed by atoms with E-state index in [4.69, 9.17) is 5.73 Å². The van der Waals surface area contributed by atoms with Gasteiger partial charge in [0, 0.05) is 6.54 Å². The van der Waals surface area contributed by atoms with Crippen molar-refractivity contribution in [3.63, 3.8) is 0 Å². The number of primary amides is 1. The predicted molar refractivity (Wildman–Crippen MR) is 80.6 cm³/mol. The van der Waals surface area contributed by atoms with E-state index < -0.39 is 28.4 Å². The molecule has 0 saturated carbocycles. The van der Waals surface area contributed by atoms with Crippen molar-refractivity contribution in [2.24, 2.45) is 5.73 Å². The Hall–Kier alpha value is -1.93. The van der Waals surface area contributed by atoms with Crippen molar-refractivity contribution in [3.05, 3.63) is 29.8 Å². The molecule has 0 aliphatic carbocycles. The Balaban J connectivity index is 3.18. The van der Waals surface area contributed by atoms with Crippen LogP contribution in [-0.4, -0.2) is 44.8 Å². The van der Waals surface area contributed by atoms with Crippen LogP contribution in [0.25, 0.3) is 0 Å². The lowest BCUT2D eigenvalue weighted by atomic mass is 10.2. The number of hydrogen-bond acceptors (Lipinski definition) is 5.